The van der Waals surface area contributed by atoms with E-state index in [4.69, 9.17) is 42.7 Å². The van der Waals surface area contributed by atoms with E-state index in [9.17, 15) is 38.0 Å². The molecule has 4 aliphatic heterocycles. The lowest BCUT2D eigenvalue weighted by atomic mass is 9.73. The van der Waals surface area contributed by atoms with Gasteiger partial charge in [-0.3, -0.25) is 4.79 Å². The van der Waals surface area contributed by atoms with Crippen LogP contribution in [0.15, 0.2) is 41.7 Å². The second-order valence-electron chi connectivity index (χ2n) is 23.2. The highest BCUT2D eigenvalue weighted by molar-refractivity contribution is 7.92. The topological polar surface area (TPSA) is 262 Å². The SMILES string of the molecule is CC[C@H]1OC(=O)[C@H](C)[C@@H](O[C@H]2C[C@@](C)(OC)[C@@H](O)[C@H](C)O2)[C@H](C)[C@@H](O[C@@H]2O[C@H](C)C[C@H](N(C)CCc3cn([C@H](CF)[C@H](OC)c4ccc(C5=CCS(=O)(=O)C5)cc4)nn3)[C@H]2O)[C@](C)(OC)C[C@@H](C)/C(=N\OC)[C@H](C)[C@@H](O)[C@]1(C)O. The summed E-state index contributed by atoms with van der Waals surface area (Å²) >= 11 is 0. The number of halogens is 1. The van der Waals surface area contributed by atoms with Gasteiger partial charge in [0.25, 0.3) is 0 Å². The van der Waals surface area contributed by atoms with Crippen molar-refractivity contribution in [1.29, 1.82) is 0 Å². The van der Waals surface area contributed by atoms with Crippen LogP contribution in [0, 0.1) is 23.7 Å². The molecule has 0 bridgehead atoms. The molecule has 0 radical (unpaired) electrons. The van der Waals surface area contributed by atoms with E-state index in [1.807, 2.05) is 51.8 Å². The third kappa shape index (κ3) is 14.4. The fourth-order valence-electron chi connectivity index (χ4n) is 12.3. The molecule has 4 aliphatic rings. The van der Waals surface area contributed by atoms with E-state index in [-0.39, 0.29) is 30.8 Å². The number of esters is 1. The van der Waals surface area contributed by atoms with Gasteiger partial charge in [0.2, 0.25) is 0 Å². The second kappa shape index (κ2) is 26.8. The maximum Gasteiger partial charge on any atom is 0.311 e. The van der Waals surface area contributed by atoms with E-state index >= 15 is 0 Å². The summed E-state index contributed by atoms with van der Waals surface area (Å²) in [4.78, 5) is 22.0. The molecule has 1 aromatic heterocycles. The first-order chi connectivity index (χ1) is 37.1. The van der Waals surface area contributed by atoms with Crippen LogP contribution in [0.5, 0.6) is 0 Å². The Morgan fingerprint density at radius 3 is 2.19 bits per heavy atom. The number of alkyl halides is 1. The van der Waals surface area contributed by atoms with Crippen molar-refractivity contribution in [3.8, 4) is 0 Å². The van der Waals surface area contributed by atoms with E-state index < -0.39 is 143 Å². The number of hydrogen-bond acceptors (Lipinski definition) is 20. The van der Waals surface area contributed by atoms with E-state index in [0.717, 1.165) is 11.1 Å². The Labute approximate surface area is 466 Å². The Morgan fingerprint density at radius 1 is 0.937 bits per heavy atom. The first-order valence-electron chi connectivity index (χ1n) is 27.6. The van der Waals surface area contributed by atoms with Gasteiger partial charge in [-0.25, -0.2) is 17.5 Å². The van der Waals surface area contributed by atoms with Crippen LogP contribution in [0.1, 0.15) is 124 Å². The van der Waals surface area contributed by atoms with E-state index in [2.05, 4.69) is 15.5 Å². The fraction of sp³-hybridized carbons (Fsp3) is 0.786. The quantitative estimate of drug-likeness (QED) is 0.116. The number of benzene rings is 1. The molecule has 20 atom stereocenters. The van der Waals surface area contributed by atoms with Crippen molar-refractivity contribution in [3.63, 3.8) is 0 Å². The summed E-state index contributed by atoms with van der Waals surface area (Å²) in [6.07, 6.45) is -6.55. The number of hydrogen-bond donors (Lipinski definition) is 4. The standard InChI is InChI=1S/C56H90FN5O16S/c1-16-43-56(10,67)49(64)33(4)45(59-73-15)31(2)26-55(9,72-14)51(34(5)47(35(6)52(66)76-43)77-44-27-54(8,71-13)50(65)36(7)75-44)78-53-46(63)41(25-32(3)74-53)61(11)23-21-40-29-62(60-58-40)42(28-57)48(70-12)38-19-17-37(18-20-38)39-22-24-79(68,69)30-39/h17-20,22,29,31-36,41-44,46-51,53,63-65,67H,16,21,23-28,30H2,1-15H3/b59-45+/t31-,32-,33+,34+,35-,36+,41+,42-,43-,44+,46-,47+,48-,49-,50+,51-,53+,54-,55-,56-/m1/s1. The Morgan fingerprint density at radius 2 is 1.61 bits per heavy atom. The van der Waals surface area contributed by atoms with E-state index in [1.165, 1.54) is 40.0 Å². The van der Waals surface area contributed by atoms with Crippen LogP contribution in [0.25, 0.3) is 5.57 Å². The largest absolute Gasteiger partial charge is 0.459 e. The van der Waals surface area contributed by atoms with E-state index in [0.29, 0.717) is 36.4 Å². The number of nitrogens with zero attached hydrogens (tertiary/aromatic N) is 5. The molecule has 3 fully saturated rings. The molecule has 2 aromatic rings. The molecule has 21 nitrogen and oxygen atoms in total. The minimum atomic E-state index is -3.16. The molecule has 0 unspecified atom stereocenters. The van der Waals surface area contributed by atoms with Crippen molar-refractivity contribution < 1.29 is 80.8 Å². The third-order valence-corrected chi connectivity index (χ3v) is 18.8. The van der Waals surface area contributed by atoms with Crippen LogP contribution in [0.4, 0.5) is 4.39 Å². The fourth-order valence-corrected chi connectivity index (χ4v) is 13.7. The van der Waals surface area contributed by atoms with Crippen molar-refractivity contribution in [2.24, 2.45) is 28.8 Å². The zero-order chi connectivity index (χ0) is 58.5. The van der Waals surface area contributed by atoms with Gasteiger partial charge in [-0.15, -0.1) is 5.10 Å². The first-order valence-corrected chi connectivity index (χ1v) is 29.4. The van der Waals surface area contributed by atoms with Crippen molar-refractivity contribution in [1.82, 2.24) is 19.9 Å². The zero-order valence-corrected chi connectivity index (χ0v) is 49.7. The lowest BCUT2D eigenvalue weighted by molar-refractivity contribution is -0.319. The lowest BCUT2D eigenvalue weighted by Crippen LogP contribution is -2.61. The predicted octanol–water partition coefficient (Wildman–Crippen LogP) is 4.79. The minimum Gasteiger partial charge on any atom is -0.459 e. The highest BCUT2D eigenvalue weighted by Crippen LogP contribution is 2.43. The number of carbonyl (C=O) groups excluding carboxylic acids is 1. The summed E-state index contributed by atoms with van der Waals surface area (Å²) < 4.78 is 91.7. The maximum absolute atomic E-state index is 15.0. The van der Waals surface area contributed by atoms with Crippen molar-refractivity contribution in [2.45, 2.75) is 198 Å². The van der Waals surface area contributed by atoms with Gasteiger partial charge < -0.3 is 68.1 Å². The van der Waals surface area contributed by atoms with Crippen molar-refractivity contribution in [3.05, 3.63) is 53.4 Å². The maximum atomic E-state index is 15.0. The molecule has 5 heterocycles. The summed E-state index contributed by atoms with van der Waals surface area (Å²) in [5, 5.41) is 60.7. The molecule has 4 N–H and O–H groups in total. The predicted molar refractivity (Wildman–Crippen MR) is 291 cm³/mol. The number of ether oxygens (including phenoxy) is 8. The number of carbonyl (C=O) groups is 1. The Bertz CT molecular complexity index is 2490. The summed E-state index contributed by atoms with van der Waals surface area (Å²) in [5.74, 6) is -3.93. The normalized spacial score (nSPS) is 39.2. The second-order valence-corrected chi connectivity index (χ2v) is 25.3. The van der Waals surface area contributed by atoms with Gasteiger partial charge in [0.15, 0.2) is 22.4 Å². The first kappa shape index (κ1) is 64.6. The van der Waals surface area contributed by atoms with Gasteiger partial charge in [-0.1, -0.05) is 68.4 Å². The third-order valence-electron chi connectivity index (χ3n) is 17.4. The van der Waals surface area contributed by atoms with Crippen LogP contribution >= 0.6 is 0 Å². The summed E-state index contributed by atoms with van der Waals surface area (Å²) in [5.41, 5.74) is -1.16. The molecular weight excluding hydrogens is 1050 g/mol. The number of rotatable bonds is 18. The van der Waals surface area contributed by atoms with Gasteiger partial charge in [0, 0.05) is 70.7 Å². The Hall–Kier alpha value is -3.56. The summed E-state index contributed by atoms with van der Waals surface area (Å²) in [6.45, 7) is 17.1. The number of oxime groups is 1. The van der Waals surface area contributed by atoms with Crippen LogP contribution < -0.4 is 0 Å². The molecule has 6 rings (SSSR count). The van der Waals surface area contributed by atoms with Crippen molar-refractivity contribution >= 4 is 27.1 Å². The van der Waals surface area contributed by atoms with Gasteiger partial charge in [-0.2, -0.15) is 0 Å². The highest BCUT2D eigenvalue weighted by Gasteiger charge is 2.54. The molecular formula is C56H90FN5O16S. The van der Waals surface area contributed by atoms with Crippen LogP contribution in [-0.4, -0.2) is 205 Å². The molecule has 3 saturated heterocycles. The van der Waals surface area contributed by atoms with Gasteiger partial charge >= 0.3 is 5.97 Å². The molecule has 448 valence electrons. The molecule has 0 amide bonds. The average molecular weight is 1140 g/mol. The van der Waals surface area contributed by atoms with Crippen molar-refractivity contribution in [2.75, 3.05) is 60.2 Å². The number of aromatic nitrogens is 3. The van der Waals surface area contributed by atoms with Gasteiger partial charge in [0.1, 0.15) is 49.8 Å². The molecule has 23 heteroatoms. The molecule has 0 spiro atoms. The average Bonchev–Trinajstić information content (AvgIpc) is 4.08. The molecule has 0 aliphatic carbocycles. The number of aliphatic hydroxyl groups excluding tert-OH is 3. The molecule has 1 aromatic carbocycles. The number of likely N-dealkylation sites (N-methyl/N-ethyl adjacent to an activating group) is 1. The summed E-state index contributed by atoms with van der Waals surface area (Å²) in [6, 6.07) is 5.86. The van der Waals surface area contributed by atoms with Crippen LogP contribution in [0.2, 0.25) is 0 Å². The Kier molecular flexibility index (Phi) is 21.9. The van der Waals surface area contributed by atoms with Crippen LogP contribution in [0.3, 0.4) is 0 Å². The monoisotopic (exact) mass is 1140 g/mol. The van der Waals surface area contributed by atoms with Crippen LogP contribution in [-0.2, 0) is 63.8 Å². The zero-order valence-electron chi connectivity index (χ0n) is 48.9. The highest BCUT2D eigenvalue weighted by atomic mass is 32.2. The smallest absolute Gasteiger partial charge is 0.311 e. The number of sulfone groups is 1. The molecule has 0 saturated carbocycles. The van der Waals surface area contributed by atoms with Gasteiger partial charge in [0.05, 0.1) is 70.6 Å². The van der Waals surface area contributed by atoms with E-state index in [1.54, 1.807) is 59.0 Å². The number of methoxy groups -OCH3 is 3. The lowest BCUT2D eigenvalue weighted by Gasteiger charge is -2.50. The Balaban J connectivity index is 1.29. The number of aliphatic hydroxyl groups is 4. The summed E-state index contributed by atoms with van der Waals surface area (Å²) in [7, 11) is 4.64. The molecule has 79 heavy (non-hydrogen) atoms. The van der Waals surface area contributed by atoms with Gasteiger partial charge in [-0.05, 0) is 84.6 Å². The minimum absolute atomic E-state index is 0.00404. The number of cyclic esters (lactones) is 1.